The lowest BCUT2D eigenvalue weighted by atomic mass is 9.98. The maximum atomic E-state index is 4.45. The molecular weight excluding hydrogens is 262 g/mol. The molecule has 21 heavy (non-hydrogen) atoms. The zero-order valence-electron chi connectivity index (χ0n) is 12.2. The van der Waals surface area contributed by atoms with E-state index in [9.17, 15) is 0 Å². The Morgan fingerprint density at radius 1 is 1.10 bits per heavy atom. The molecule has 1 aliphatic rings. The van der Waals surface area contributed by atoms with Crippen molar-refractivity contribution >= 4 is 5.78 Å². The average Bonchev–Trinajstić information content (AvgIpc) is 2.90. The normalized spacial score (nSPS) is 14.4. The van der Waals surface area contributed by atoms with E-state index in [0.717, 1.165) is 42.3 Å². The number of hydrogen-bond acceptors (Lipinski definition) is 4. The molecular formula is C16H17N5. The van der Waals surface area contributed by atoms with Crippen molar-refractivity contribution in [2.24, 2.45) is 0 Å². The minimum atomic E-state index is 0.665. The van der Waals surface area contributed by atoms with E-state index in [1.165, 1.54) is 11.1 Å². The molecule has 4 rings (SSSR count). The van der Waals surface area contributed by atoms with Crippen LogP contribution in [0.15, 0.2) is 24.3 Å². The lowest BCUT2D eigenvalue weighted by molar-refractivity contribution is 0.644. The Kier molecular flexibility index (Phi) is 2.75. The number of benzene rings is 1. The monoisotopic (exact) mass is 279 g/mol. The van der Waals surface area contributed by atoms with Crippen molar-refractivity contribution in [3.05, 3.63) is 46.8 Å². The predicted octanol–water partition coefficient (Wildman–Crippen LogP) is 2.05. The summed E-state index contributed by atoms with van der Waals surface area (Å²) in [5.41, 5.74) is 5.95. The number of rotatable bonds is 1. The minimum absolute atomic E-state index is 0.665. The number of aromatic nitrogens is 4. The highest BCUT2D eigenvalue weighted by Crippen LogP contribution is 2.24. The molecule has 5 nitrogen and oxygen atoms in total. The second-order valence-electron chi connectivity index (χ2n) is 5.61. The van der Waals surface area contributed by atoms with Crippen LogP contribution in [-0.2, 0) is 13.0 Å². The molecule has 5 heteroatoms. The Labute approximate surface area is 123 Å². The summed E-state index contributed by atoms with van der Waals surface area (Å²) < 4.78 is 2.02. The van der Waals surface area contributed by atoms with Crippen molar-refractivity contribution < 1.29 is 0 Å². The Balaban J connectivity index is 1.90. The highest BCUT2D eigenvalue weighted by atomic mass is 15.3. The Hall–Kier alpha value is -2.27. The third kappa shape index (κ3) is 2.01. The molecule has 3 aromatic rings. The minimum Gasteiger partial charge on any atom is -0.312 e. The van der Waals surface area contributed by atoms with Gasteiger partial charge in [-0.1, -0.05) is 12.1 Å². The molecule has 0 saturated heterocycles. The van der Waals surface area contributed by atoms with Crippen LogP contribution in [0.25, 0.3) is 17.2 Å². The van der Waals surface area contributed by atoms with Crippen LogP contribution < -0.4 is 5.32 Å². The van der Waals surface area contributed by atoms with Gasteiger partial charge in [-0.05, 0) is 50.1 Å². The lowest BCUT2D eigenvalue weighted by Gasteiger charge is -2.17. The number of hydrogen-bond donors (Lipinski definition) is 1. The van der Waals surface area contributed by atoms with Crippen molar-refractivity contribution in [1.29, 1.82) is 0 Å². The molecule has 1 N–H and O–H groups in total. The van der Waals surface area contributed by atoms with Crippen molar-refractivity contribution in [2.45, 2.75) is 26.8 Å². The molecule has 0 saturated carbocycles. The van der Waals surface area contributed by atoms with Crippen LogP contribution in [0, 0.1) is 13.8 Å². The van der Waals surface area contributed by atoms with E-state index in [2.05, 4.69) is 51.7 Å². The third-order valence-electron chi connectivity index (χ3n) is 4.04. The Bertz CT molecular complexity index is 834. The van der Waals surface area contributed by atoms with E-state index in [1.54, 1.807) is 0 Å². The summed E-state index contributed by atoms with van der Waals surface area (Å²) in [6, 6.07) is 8.63. The first-order chi connectivity index (χ1) is 10.2. The number of nitrogens with zero attached hydrogens (tertiary/aromatic N) is 4. The Morgan fingerprint density at radius 2 is 2.00 bits per heavy atom. The second kappa shape index (κ2) is 4.63. The number of fused-ring (bicyclic) bond motifs is 2. The molecule has 106 valence electrons. The van der Waals surface area contributed by atoms with Crippen molar-refractivity contribution in [1.82, 2.24) is 24.9 Å². The maximum absolute atomic E-state index is 4.45. The van der Waals surface area contributed by atoms with Crippen LogP contribution in [0.3, 0.4) is 0 Å². The summed E-state index contributed by atoms with van der Waals surface area (Å²) in [5.74, 6) is 1.53. The quantitative estimate of drug-likeness (QED) is 0.741. The molecule has 0 amide bonds. The van der Waals surface area contributed by atoms with E-state index < -0.39 is 0 Å². The van der Waals surface area contributed by atoms with Gasteiger partial charge >= 0.3 is 0 Å². The molecule has 0 atom stereocenters. The van der Waals surface area contributed by atoms with Gasteiger partial charge in [-0.25, -0.2) is 4.98 Å². The molecule has 2 aromatic heterocycles. The van der Waals surface area contributed by atoms with Gasteiger partial charge < -0.3 is 5.32 Å². The van der Waals surface area contributed by atoms with E-state index in [1.807, 2.05) is 11.3 Å². The molecule has 0 bridgehead atoms. The number of aryl methyl sites for hydroxylation is 2. The topological polar surface area (TPSA) is 55.1 Å². The van der Waals surface area contributed by atoms with Gasteiger partial charge in [0.2, 0.25) is 0 Å². The highest BCUT2D eigenvalue weighted by molar-refractivity contribution is 5.61. The van der Waals surface area contributed by atoms with Gasteiger partial charge in [0.1, 0.15) is 0 Å². The first-order valence-electron chi connectivity index (χ1n) is 7.24. The van der Waals surface area contributed by atoms with E-state index in [0.29, 0.717) is 5.78 Å². The summed E-state index contributed by atoms with van der Waals surface area (Å²) >= 11 is 0. The highest BCUT2D eigenvalue weighted by Gasteiger charge is 2.14. The van der Waals surface area contributed by atoms with Gasteiger partial charge in [-0.15, -0.1) is 10.2 Å². The molecule has 0 spiro atoms. The van der Waals surface area contributed by atoms with Gasteiger partial charge in [-0.2, -0.15) is 0 Å². The predicted molar refractivity (Wildman–Crippen MR) is 81.1 cm³/mol. The van der Waals surface area contributed by atoms with Gasteiger partial charge in [0.25, 0.3) is 5.78 Å². The van der Waals surface area contributed by atoms with Crippen LogP contribution >= 0.6 is 0 Å². The van der Waals surface area contributed by atoms with Crippen LogP contribution in [0.2, 0.25) is 0 Å². The van der Waals surface area contributed by atoms with Crippen molar-refractivity contribution in [3.8, 4) is 11.4 Å². The van der Waals surface area contributed by atoms with Gasteiger partial charge in [0.15, 0.2) is 5.82 Å². The van der Waals surface area contributed by atoms with E-state index >= 15 is 0 Å². The fourth-order valence-corrected chi connectivity index (χ4v) is 3.04. The summed E-state index contributed by atoms with van der Waals surface area (Å²) in [7, 11) is 0. The summed E-state index contributed by atoms with van der Waals surface area (Å²) in [5, 5.41) is 12.0. The Morgan fingerprint density at radius 3 is 2.90 bits per heavy atom. The lowest BCUT2D eigenvalue weighted by Crippen LogP contribution is -2.23. The molecule has 0 radical (unpaired) electrons. The fourth-order valence-electron chi connectivity index (χ4n) is 3.04. The number of nitrogens with one attached hydrogen (secondary N) is 1. The molecule has 1 aromatic carbocycles. The van der Waals surface area contributed by atoms with E-state index in [-0.39, 0.29) is 0 Å². The first-order valence-corrected chi connectivity index (χ1v) is 7.24. The van der Waals surface area contributed by atoms with E-state index in [4.69, 9.17) is 0 Å². The van der Waals surface area contributed by atoms with Crippen molar-refractivity contribution in [2.75, 3.05) is 6.54 Å². The summed E-state index contributed by atoms with van der Waals surface area (Å²) in [6.45, 7) is 6.03. The van der Waals surface area contributed by atoms with Gasteiger partial charge in [-0.3, -0.25) is 4.40 Å². The SMILES string of the molecule is Cc1cc(C)n2c(-c3ccc4c(c3)CNCC4)nnc2n1. The van der Waals surface area contributed by atoms with Gasteiger partial charge in [0.05, 0.1) is 0 Å². The molecule has 0 unspecified atom stereocenters. The third-order valence-corrected chi connectivity index (χ3v) is 4.04. The second-order valence-corrected chi connectivity index (χ2v) is 5.61. The smallest absolute Gasteiger partial charge is 0.255 e. The van der Waals surface area contributed by atoms with Crippen LogP contribution in [0.5, 0.6) is 0 Å². The summed E-state index contributed by atoms with van der Waals surface area (Å²) in [6.07, 6.45) is 1.09. The average molecular weight is 279 g/mol. The van der Waals surface area contributed by atoms with Crippen LogP contribution in [0.1, 0.15) is 22.5 Å². The van der Waals surface area contributed by atoms with Gasteiger partial charge in [0, 0.05) is 23.5 Å². The molecule has 3 heterocycles. The zero-order chi connectivity index (χ0) is 14.4. The van der Waals surface area contributed by atoms with Crippen LogP contribution in [0.4, 0.5) is 0 Å². The summed E-state index contributed by atoms with van der Waals surface area (Å²) in [4.78, 5) is 4.45. The van der Waals surface area contributed by atoms with Crippen LogP contribution in [-0.4, -0.2) is 26.1 Å². The van der Waals surface area contributed by atoms with Crippen molar-refractivity contribution in [3.63, 3.8) is 0 Å². The fraction of sp³-hybridized carbons (Fsp3) is 0.312. The standard InChI is InChI=1S/C16H17N5/c1-10-7-11(2)21-15(19-20-16(21)18-10)13-4-3-12-5-6-17-9-14(12)8-13/h3-4,7-8,17H,5-6,9H2,1-2H3. The zero-order valence-corrected chi connectivity index (χ0v) is 12.2. The maximum Gasteiger partial charge on any atom is 0.255 e. The molecule has 0 aliphatic carbocycles. The molecule has 1 aliphatic heterocycles. The largest absolute Gasteiger partial charge is 0.312 e. The first kappa shape index (κ1) is 12.5. The molecule has 0 fully saturated rings.